The molecular formula is C22H23N3. The van der Waals surface area contributed by atoms with E-state index in [1.165, 1.54) is 0 Å². The highest BCUT2D eigenvalue weighted by atomic mass is 14.9. The normalized spacial score (nSPS) is 12.0. The molecule has 0 saturated heterocycles. The Balaban J connectivity index is 1.69. The minimum atomic E-state index is 0.845. The largest absolute Gasteiger partial charge is 0.342 e. The Morgan fingerprint density at radius 3 is 2.60 bits per heavy atom. The van der Waals surface area contributed by atoms with Crippen molar-refractivity contribution < 1.29 is 0 Å². The van der Waals surface area contributed by atoms with Gasteiger partial charge in [0.05, 0.1) is 17.6 Å². The van der Waals surface area contributed by atoms with Crippen LogP contribution in [0.15, 0.2) is 73.0 Å². The van der Waals surface area contributed by atoms with Crippen molar-refractivity contribution >= 4 is 5.57 Å². The molecule has 1 N–H and O–H groups in total. The molecular weight excluding hydrogens is 306 g/mol. The van der Waals surface area contributed by atoms with Crippen LogP contribution in [0.3, 0.4) is 0 Å². The molecule has 0 saturated carbocycles. The Bertz CT molecular complexity index is 873. The smallest absolute Gasteiger partial charge is 0.106 e. The van der Waals surface area contributed by atoms with Gasteiger partial charge < -0.3 is 4.98 Å². The van der Waals surface area contributed by atoms with Crippen molar-refractivity contribution in [3.05, 3.63) is 90.2 Å². The van der Waals surface area contributed by atoms with Crippen LogP contribution in [0.25, 0.3) is 16.8 Å². The minimum Gasteiger partial charge on any atom is -0.342 e. The lowest BCUT2D eigenvalue weighted by Gasteiger charge is -2.05. The van der Waals surface area contributed by atoms with Gasteiger partial charge in [0.15, 0.2) is 0 Å². The first-order valence-corrected chi connectivity index (χ1v) is 8.64. The van der Waals surface area contributed by atoms with Gasteiger partial charge >= 0.3 is 0 Å². The summed E-state index contributed by atoms with van der Waals surface area (Å²) in [5.41, 5.74) is 5.46. The van der Waals surface area contributed by atoms with Gasteiger partial charge in [0.25, 0.3) is 0 Å². The third-order valence-electron chi connectivity index (χ3n) is 4.09. The van der Waals surface area contributed by atoms with Gasteiger partial charge in [-0.3, -0.25) is 4.98 Å². The number of rotatable bonds is 6. The fraction of sp³-hybridized carbons (Fsp3) is 0.182. The number of benzene rings is 1. The molecule has 0 bridgehead atoms. The number of aromatic nitrogens is 3. The van der Waals surface area contributed by atoms with E-state index in [2.05, 4.69) is 52.5 Å². The highest BCUT2D eigenvalue weighted by Crippen LogP contribution is 2.17. The number of aromatic amines is 1. The van der Waals surface area contributed by atoms with Crippen LogP contribution in [-0.2, 0) is 12.8 Å². The van der Waals surface area contributed by atoms with Crippen molar-refractivity contribution in [2.75, 3.05) is 0 Å². The van der Waals surface area contributed by atoms with Crippen LogP contribution in [0, 0.1) is 0 Å². The third kappa shape index (κ3) is 4.32. The maximum atomic E-state index is 4.78. The van der Waals surface area contributed by atoms with E-state index >= 15 is 0 Å². The number of pyridine rings is 1. The van der Waals surface area contributed by atoms with Gasteiger partial charge in [0.2, 0.25) is 0 Å². The molecule has 0 amide bonds. The van der Waals surface area contributed by atoms with Crippen LogP contribution in [0.1, 0.15) is 31.1 Å². The Hall–Kier alpha value is -2.94. The highest BCUT2D eigenvalue weighted by Gasteiger charge is 2.05. The molecule has 0 spiro atoms. The molecule has 0 aliphatic heterocycles. The highest BCUT2D eigenvalue weighted by molar-refractivity contribution is 5.71. The summed E-state index contributed by atoms with van der Waals surface area (Å²) in [7, 11) is 0. The Labute approximate surface area is 149 Å². The number of aryl methyl sites for hydroxylation is 2. The number of hydrogen-bond donors (Lipinski definition) is 1. The summed E-state index contributed by atoms with van der Waals surface area (Å²) in [6.45, 7) is 4.06. The van der Waals surface area contributed by atoms with E-state index in [1.54, 1.807) is 0 Å². The molecule has 25 heavy (non-hydrogen) atoms. The van der Waals surface area contributed by atoms with Crippen LogP contribution in [0.2, 0.25) is 0 Å². The molecule has 2 aromatic heterocycles. The summed E-state index contributed by atoms with van der Waals surface area (Å²) >= 11 is 0. The third-order valence-corrected chi connectivity index (χ3v) is 4.09. The molecule has 3 heteroatoms. The van der Waals surface area contributed by atoms with Crippen LogP contribution in [0.4, 0.5) is 0 Å². The van der Waals surface area contributed by atoms with Gasteiger partial charge in [-0.1, -0.05) is 54.6 Å². The van der Waals surface area contributed by atoms with Gasteiger partial charge in [0.1, 0.15) is 5.82 Å². The van der Waals surface area contributed by atoms with E-state index in [0.29, 0.717) is 0 Å². The molecule has 3 nitrogen and oxygen atoms in total. The van der Waals surface area contributed by atoms with Crippen LogP contribution in [0.5, 0.6) is 0 Å². The van der Waals surface area contributed by atoms with Gasteiger partial charge in [-0.15, -0.1) is 0 Å². The topological polar surface area (TPSA) is 41.6 Å². The average molecular weight is 329 g/mol. The Morgan fingerprint density at radius 2 is 1.84 bits per heavy atom. The van der Waals surface area contributed by atoms with Crippen LogP contribution in [-0.4, -0.2) is 15.0 Å². The summed E-state index contributed by atoms with van der Waals surface area (Å²) in [4.78, 5) is 12.7. The van der Waals surface area contributed by atoms with Gasteiger partial charge in [-0.2, -0.15) is 0 Å². The molecule has 3 aromatic rings. The summed E-state index contributed by atoms with van der Waals surface area (Å²) in [5.74, 6) is 0.991. The number of hydrogen-bond acceptors (Lipinski definition) is 2. The SMILES string of the molecule is CC=CC(=CC)c1cccc(CCc2ncc(-c3ccccc3)[nH]2)n1. The quantitative estimate of drug-likeness (QED) is 0.629. The zero-order valence-corrected chi connectivity index (χ0v) is 14.7. The van der Waals surface area contributed by atoms with E-state index < -0.39 is 0 Å². The molecule has 2 heterocycles. The van der Waals surface area contributed by atoms with Crippen molar-refractivity contribution in [3.8, 4) is 11.3 Å². The van der Waals surface area contributed by atoms with E-state index in [0.717, 1.165) is 46.9 Å². The molecule has 0 fully saturated rings. The first-order valence-electron chi connectivity index (χ1n) is 8.64. The molecule has 0 atom stereocenters. The first kappa shape index (κ1) is 16.9. The lowest BCUT2D eigenvalue weighted by molar-refractivity contribution is 0.855. The number of H-pyrrole nitrogens is 1. The predicted molar refractivity (Wildman–Crippen MR) is 104 cm³/mol. The standard InChI is InChI=1S/C22H23N3/c1-3-9-17(4-2)20-13-8-12-19(24-20)14-15-22-23-16-21(25-22)18-10-6-5-7-11-18/h3-13,16H,14-15H2,1-2H3,(H,23,25). The lowest BCUT2D eigenvalue weighted by atomic mass is 10.1. The van der Waals surface area contributed by atoms with Crippen molar-refractivity contribution in [2.45, 2.75) is 26.7 Å². The van der Waals surface area contributed by atoms with Crippen molar-refractivity contribution in [1.82, 2.24) is 15.0 Å². The average Bonchev–Trinajstić information content (AvgIpc) is 3.14. The van der Waals surface area contributed by atoms with E-state index in [-0.39, 0.29) is 0 Å². The molecule has 3 rings (SSSR count). The second-order valence-electron chi connectivity index (χ2n) is 5.87. The second-order valence-corrected chi connectivity index (χ2v) is 5.87. The second kappa shape index (κ2) is 8.25. The molecule has 126 valence electrons. The zero-order valence-electron chi connectivity index (χ0n) is 14.7. The zero-order chi connectivity index (χ0) is 17.5. The van der Waals surface area contributed by atoms with Crippen molar-refractivity contribution in [3.63, 3.8) is 0 Å². The van der Waals surface area contributed by atoms with Gasteiger partial charge in [-0.25, -0.2) is 4.98 Å². The minimum absolute atomic E-state index is 0.845. The predicted octanol–water partition coefficient (Wildman–Crippen LogP) is 5.24. The number of nitrogens with zero attached hydrogens (tertiary/aromatic N) is 2. The number of nitrogens with one attached hydrogen (secondary N) is 1. The van der Waals surface area contributed by atoms with Crippen LogP contribution >= 0.6 is 0 Å². The van der Waals surface area contributed by atoms with Crippen molar-refractivity contribution in [1.29, 1.82) is 0 Å². The fourth-order valence-corrected chi connectivity index (χ4v) is 2.79. The number of imidazole rings is 1. The Kier molecular flexibility index (Phi) is 5.57. The molecule has 0 radical (unpaired) electrons. The molecule has 0 aliphatic rings. The lowest BCUT2D eigenvalue weighted by Crippen LogP contribution is -1.98. The van der Waals surface area contributed by atoms with Crippen LogP contribution < -0.4 is 0 Å². The fourth-order valence-electron chi connectivity index (χ4n) is 2.79. The van der Waals surface area contributed by atoms with Gasteiger partial charge in [-0.05, 0) is 43.5 Å². The van der Waals surface area contributed by atoms with E-state index in [1.807, 2.05) is 44.3 Å². The molecule has 0 unspecified atom stereocenters. The summed E-state index contributed by atoms with van der Waals surface area (Å²) in [5, 5.41) is 0. The monoisotopic (exact) mass is 329 g/mol. The van der Waals surface area contributed by atoms with Gasteiger partial charge in [0, 0.05) is 12.1 Å². The number of allylic oxidation sites excluding steroid dienone is 4. The molecule has 0 aliphatic carbocycles. The van der Waals surface area contributed by atoms with E-state index in [4.69, 9.17) is 4.98 Å². The first-order chi connectivity index (χ1) is 12.3. The maximum Gasteiger partial charge on any atom is 0.106 e. The maximum absolute atomic E-state index is 4.78. The van der Waals surface area contributed by atoms with Crippen molar-refractivity contribution in [2.24, 2.45) is 0 Å². The summed E-state index contributed by atoms with van der Waals surface area (Å²) < 4.78 is 0. The summed E-state index contributed by atoms with van der Waals surface area (Å²) in [6.07, 6.45) is 9.83. The molecule has 1 aromatic carbocycles. The Morgan fingerprint density at radius 1 is 1.00 bits per heavy atom. The summed E-state index contributed by atoms with van der Waals surface area (Å²) in [6, 6.07) is 16.5. The van der Waals surface area contributed by atoms with E-state index in [9.17, 15) is 0 Å².